The van der Waals surface area contributed by atoms with Gasteiger partial charge in [-0.05, 0) is 12.1 Å². The standard InChI is InChI=1S/C10H16N4O6S/c11-12-8-2-1-3-9(10(8)14(17)18)21(19,20)13(4-6-15)5-7-16/h1-3,12,15-16H,4-7,11H2. The molecule has 0 fully saturated rings. The Hall–Kier alpha value is -1.79. The van der Waals surface area contributed by atoms with Gasteiger partial charge in [0.05, 0.1) is 18.1 Å². The van der Waals surface area contributed by atoms with Crippen LogP contribution in [0.4, 0.5) is 11.4 Å². The molecule has 5 N–H and O–H groups in total. The molecule has 0 aromatic heterocycles. The molecule has 0 saturated heterocycles. The van der Waals surface area contributed by atoms with Crippen LogP contribution in [-0.4, -0.2) is 54.2 Å². The molecule has 0 atom stereocenters. The van der Waals surface area contributed by atoms with Crippen LogP contribution in [0.5, 0.6) is 0 Å². The van der Waals surface area contributed by atoms with Gasteiger partial charge in [-0.3, -0.25) is 16.0 Å². The number of nitro groups is 1. The summed E-state index contributed by atoms with van der Waals surface area (Å²) in [4.78, 5) is 9.69. The van der Waals surface area contributed by atoms with Crippen LogP contribution in [-0.2, 0) is 10.0 Å². The van der Waals surface area contributed by atoms with E-state index in [2.05, 4.69) is 5.43 Å². The largest absolute Gasteiger partial charge is 0.395 e. The predicted octanol–water partition coefficient (Wildman–Crippen LogP) is -1.14. The van der Waals surface area contributed by atoms with Crippen molar-refractivity contribution in [1.82, 2.24) is 4.31 Å². The first kappa shape index (κ1) is 17.3. The number of nitrogens with zero attached hydrogens (tertiary/aromatic N) is 2. The molecule has 1 aromatic carbocycles. The second-order valence-corrected chi connectivity index (χ2v) is 5.81. The van der Waals surface area contributed by atoms with Gasteiger partial charge in [0.15, 0.2) is 4.90 Å². The van der Waals surface area contributed by atoms with Crippen molar-refractivity contribution in [1.29, 1.82) is 0 Å². The minimum atomic E-state index is -4.26. The summed E-state index contributed by atoms with van der Waals surface area (Å²) < 4.78 is 25.6. The maximum absolute atomic E-state index is 12.4. The third-order valence-corrected chi connectivity index (χ3v) is 4.58. The molecule has 0 amide bonds. The number of hydrazine groups is 1. The summed E-state index contributed by atoms with van der Waals surface area (Å²) in [6.07, 6.45) is 0. The van der Waals surface area contributed by atoms with E-state index in [-0.39, 0.29) is 18.8 Å². The van der Waals surface area contributed by atoms with E-state index in [1.165, 1.54) is 12.1 Å². The van der Waals surface area contributed by atoms with E-state index in [4.69, 9.17) is 16.1 Å². The van der Waals surface area contributed by atoms with Crippen molar-refractivity contribution in [2.45, 2.75) is 4.90 Å². The molecular weight excluding hydrogens is 304 g/mol. The van der Waals surface area contributed by atoms with E-state index in [1.807, 2.05) is 0 Å². The Bertz CT molecular complexity index is 600. The topological polar surface area (TPSA) is 159 Å². The molecular formula is C10H16N4O6S. The number of sulfonamides is 1. The molecule has 0 heterocycles. The van der Waals surface area contributed by atoms with Gasteiger partial charge in [0, 0.05) is 13.1 Å². The number of rotatable bonds is 8. The Morgan fingerprint density at radius 2 is 1.86 bits per heavy atom. The van der Waals surface area contributed by atoms with Gasteiger partial charge in [0.2, 0.25) is 10.0 Å². The summed E-state index contributed by atoms with van der Waals surface area (Å²) in [7, 11) is -4.26. The molecule has 0 spiro atoms. The number of hydrogen-bond acceptors (Lipinski definition) is 8. The molecule has 10 nitrogen and oxygen atoms in total. The fraction of sp³-hybridized carbons (Fsp3) is 0.400. The third kappa shape index (κ3) is 3.65. The van der Waals surface area contributed by atoms with E-state index in [0.29, 0.717) is 0 Å². The maximum Gasteiger partial charge on any atom is 0.313 e. The lowest BCUT2D eigenvalue weighted by Gasteiger charge is -2.20. The van der Waals surface area contributed by atoms with Crippen LogP contribution in [0.3, 0.4) is 0 Å². The molecule has 1 rings (SSSR count). The number of nitrogens with two attached hydrogens (primary N) is 1. The summed E-state index contributed by atoms with van der Waals surface area (Å²) in [6, 6.07) is 3.63. The van der Waals surface area contributed by atoms with Crippen LogP contribution in [0.2, 0.25) is 0 Å². The van der Waals surface area contributed by atoms with Crippen molar-refractivity contribution in [3.63, 3.8) is 0 Å². The van der Waals surface area contributed by atoms with Gasteiger partial charge in [-0.15, -0.1) is 0 Å². The average molecular weight is 320 g/mol. The van der Waals surface area contributed by atoms with Gasteiger partial charge in [0.25, 0.3) is 0 Å². The number of nitrogens with one attached hydrogen (secondary N) is 1. The Labute approximate surface area is 121 Å². The molecule has 0 unspecified atom stereocenters. The van der Waals surface area contributed by atoms with Crippen LogP contribution < -0.4 is 11.3 Å². The SMILES string of the molecule is NNc1cccc(S(=O)(=O)N(CCO)CCO)c1[N+](=O)[O-]. The highest BCUT2D eigenvalue weighted by Crippen LogP contribution is 2.33. The number of nitrogen functional groups attached to an aromatic ring is 1. The van der Waals surface area contributed by atoms with Gasteiger partial charge in [-0.1, -0.05) is 6.07 Å². The number of hydrogen-bond donors (Lipinski definition) is 4. The highest BCUT2D eigenvalue weighted by Gasteiger charge is 2.33. The van der Waals surface area contributed by atoms with Gasteiger partial charge in [-0.25, -0.2) is 8.42 Å². The fourth-order valence-electron chi connectivity index (χ4n) is 1.75. The number of aliphatic hydroxyl groups is 2. The van der Waals surface area contributed by atoms with Crippen LogP contribution in [0.1, 0.15) is 0 Å². The van der Waals surface area contributed by atoms with E-state index in [1.54, 1.807) is 0 Å². The predicted molar refractivity (Wildman–Crippen MR) is 73.8 cm³/mol. The quantitative estimate of drug-likeness (QED) is 0.265. The van der Waals surface area contributed by atoms with Crippen LogP contribution >= 0.6 is 0 Å². The molecule has 1 aromatic rings. The van der Waals surface area contributed by atoms with Gasteiger partial charge >= 0.3 is 5.69 Å². The summed E-state index contributed by atoms with van der Waals surface area (Å²) in [5.74, 6) is 5.15. The van der Waals surface area contributed by atoms with E-state index < -0.39 is 38.7 Å². The van der Waals surface area contributed by atoms with Crippen molar-refractivity contribution >= 4 is 21.4 Å². The normalized spacial score (nSPS) is 11.6. The minimum Gasteiger partial charge on any atom is -0.395 e. The number of aliphatic hydroxyl groups excluding tert-OH is 2. The smallest absolute Gasteiger partial charge is 0.313 e. The van der Waals surface area contributed by atoms with Crippen LogP contribution in [0.25, 0.3) is 0 Å². The van der Waals surface area contributed by atoms with Crippen LogP contribution in [0, 0.1) is 10.1 Å². The Morgan fingerprint density at radius 1 is 1.29 bits per heavy atom. The van der Waals surface area contributed by atoms with Crippen molar-refractivity contribution in [3.8, 4) is 0 Å². The van der Waals surface area contributed by atoms with E-state index in [9.17, 15) is 18.5 Å². The van der Waals surface area contributed by atoms with E-state index in [0.717, 1.165) is 10.4 Å². The number of nitro benzene ring substituents is 1. The first-order valence-corrected chi connectivity index (χ1v) is 7.30. The minimum absolute atomic E-state index is 0.158. The zero-order valence-corrected chi connectivity index (χ0v) is 11.8. The van der Waals surface area contributed by atoms with Crippen molar-refractivity contribution in [2.75, 3.05) is 31.7 Å². The third-order valence-electron chi connectivity index (χ3n) is 2.65. The maximum atomic E-state index is 12.4. The zero-order valence-electron chi connectivity index (χ0n) is 11.0. The van der Waals surface area contributed by atoms with E-state index >= 15 is 0 Å². The van der Waals surface area contributed by atoms with Crippen molar-refractivity contribution in [3.05, 3.63) is 28.3 Å². The molecule has 0 bridgehead atoms. The first-order valence-electron chi connectivity index (χ1n) is 5.86. The summed E-state index contributed by atoms with van der Waals surface area (Å²) >= 11 is 0. The molecule has 118 valence electrons. The Kier molecular flexibility index (Phi) is 5.99. The molecule has 0 aliphatic carbocycles. The van der Waals surface area contributed by atoms with Crippen molar-refractivity contribution < 1.29 is 23.6 Å². The second kappa shape index (κ2) is 7.28. The first-order chi connectivity index (χ1) is 9.89. The lowest BCUT2D eigenvalue weighted by molar-refractivity contribution is -0.386. The average Bonchev–Trinajstić information content (AvgIpc) is 2.45. The number of anilines is 1. The molecule has 21 heavy (non-hydrogen) atoms. The summed E-state index contributed by atoms with van der Waals surface area (Å²) in [5, 5.41) is 28.9. The molecule has 11 heteroatoms. The number of para-hydroxylation sites is 1. The van der Waals surface area contributed by atoms with Gasteiger partial charge in [0.1, 0.15) is 5.69 Å². The fourth-order valence-corrected chi connectivity index (χ4v) is 3.35. The number of benzene rings is 1. The molecule has 0 aliphatic rings. The monoisotopic (exact) mass is 320 g/mol. The van der Waals surface area contributed by atoms with Gasteiger partial charge < -0.3 is 15.6 Å². The molecule has 0 aliphatic heterocycles. The highest BCUT2D eigenvalue weighted by molar-refractivity contribution is 7.89. The molecule has 0 radical (unpaired) electrons. The Balaban J connectivity index is 3.46. The second-order valence-electron chi connectivity index (χ2n) is 3.91. The lowest BCUT2D eigenvalue weighted by atomic mass is 10.3. The summed E-state index contributed by atoms with van der Waals surface area (Å²) in [5.41, 5.74) is 1.22. The summed E-state index contributed by atoms with van der Waals surface area (Å²) in [6.45, 7) is -1.55. The highest BCUT2D eigenvalue weighted by atomic mass is 32.2. The van der Waals surface area contributed by atoms with Crippen molar-refractivity contribution in [2.24, 2.45) is 5.84 Å². The Morgan fingerprint density at radius 3 is 2.29 bits per heavy atom. The molecule has 0 saturated carbocycles. The van der Waals surface area contributed by atoms with Gasteiger partial charge in [-0.2, -0.15) is 4.31 Å². The zero-order chi connectivity index (χ0) is 16.0. The lowest BCUT2D eigenvalue weighted by Crippen LogP contribution is -2.36. The van der Waals surface area contributed by atoms with Crippen LogP contribution in [0.15, 0.2) is 23.1 Å².